The molecule has 0 bridgehead atoms. The Labute approximate surface area is 194 Å². The number of carboxylic acids is 2. The highest BCUT2D eigenvalue weighted by molar-refractivity contribution is 5.76. The Morgan fingerprint density at radius 3 is 1.42 bits per heavy atom. The second kappa shape index (κ2) is 23.3. The summed E-state index contributed by atoms with van der Waals surface area (Å²) < 4.78 is 31.9. The van der Waals surface area contributed by atoms with E-state index in [0.29, 0.717) is 39.6 Å². The van der Waals surface area contributed by atoms with Crippen molar-refractivity contribution in [3.63, 3.8) is 0 Å². The number of nitrogens with one attached hydrogen (secondary N) is 1. The first-order valence-corrected chi connectivity index (χ1v) is 11.1. The van der Waals surface area contributed by atoms with Crippen molar-refractivity contribution in [2.45, 2.75) is 38.6 Å². The van der Waals surface area contributed by atoms with Gasteiger partial charge in [-0.15, -0.1) is 0 Å². The molecule has 0 unspecified atom stereocenters. The van der Waals surface area contributed by atoms with Crippen LogP contribution in [0.25, 0.3) is 0 Å². The van der Waals surface area contributed by atoms with Crippen molar-refractivity contribution in [3.8, 4) is 0 Å². The van der Waals surface area contributed by atoms with Gasteiger partial charge in [0.1, 0.15) is 0 Å². The summed E-state index contributed by atoms with van der Waals surface area (Å²) in [5.41, 5.74) is 0. The van der Waals surface area contributed by atoms with Crippen molar-refractivity contribution in [1.82, 2.24) is 5.32 Å². The quantitative estimate of drug-likeness (QED) is 0.154. The lowest BCUT2D eigenvalue weighted by Gasteiger charge is -2.19. The summed E-state index contributed by atoms with van der Waals surface area (Å²) in [7, 11) is 0. The molecule has 12 nitrogen and oxygen atoms in total. The average molecular weight is 482 g/mol. The molecule has 0 aromatic rings. The predicted octanol–water partition coefficient (Wildman–Crippen LogP) is 0.320. The summed E-state index contributed by atoms with van der Waals surface area (Å²) in [5, 5.41) is 20.0. The van der Waals surface area contributed by atoms with Crippen LogP contribution < -0.4 is 5.32 Å². The van der Waals surface area contributed by atoms with Gasteiger partial charge in [-0.3, -0.25) is 14.4 Å². The molecule has 0 radical (unpaired) electrons. The van der Waals surface area contributed by atoms with Crippen molar-refractivity contribution in [2.24, 2.45) is 0 Å². The molecule has 0 aliphatic heterocycles. The number of aliphatic carboxylic acids is 2. The molecule has 0 atom stereocenters. The monoisotopic (exact) mass is 481 g/mol. The molecule has 33 heavy (non-hydrogen) atoms. The molecular formula is C21H39NO11. The summed E-state index contributed by atoms with van der Waals surface area (Å²) in [6.07, 6.45) is 0.783. The molecule has 194 valence electrons. The van der Waals surface area contributed by atoms with E-state index < -0.39 is 18.0 Å². The van der Waals surface area contributed by atoms with E-state index in [-0.39, 0.29) is 58.2 Å². The first-order valence-electron chi connectivity index (χ1n) is 11.1. The van der Waals surface area contributed by atoms with E-state index in [4.69, 9.17) is 38.6 Å². The van der Waals surface area contributed by atoms with Crippen molar-refractivity contribution >= 4 is 17.8 Å². The molecule has 0 aromatic heterocycles. The van der Waals surface area contributed by atoms with E-state index in [1.165, 1.54) is 0 Å². The highest BCUT2D eigenvalue weighted by atomic mass is 16.6. The highest BCUT2D eigenvalue weighted by Gasteiger charge is 2.14. The Morgan fingerprint density at radius 2 is 1.00 bits per heavy atom. The van der Waals surface area contributed by atoms with Gasteiger partial charge in [0.2, 0.25) is 5.91 Å². The fraction of sp³-hybridized carbons (Fsp3) is 0.857. The molecule has 1 amide bonds. The number of hydrogen-bond donors (Lipinski definition) is 3. The maximum Gasteiger partial charge on any atom is 0.305 e. The molecule has 0 rings (SSSR count). The average Bonchev–Trinajstić information content (AvgIpc) is 2.76. The van der Waals surface area contributed by atoms with E-state index in [1.54, 1.807) is 0 Å². The standard InChI is InChI=1S/C21H39NO11/c1-2-6-28-10-12-30-14-15-31-13-11-29-7-3-19(23)22-18(16-32-8-4-20(24)25)17-33-9-5-21(26)27/h18H,2-17H2,1H3,(H,22,23)(H,24,25)(H,26,27). The first kappa shape index (κ1) is 31.2. The number of carbonyl (C=O) groups is 3. The van der Waals surface area contributed by atoms with E-state index in [2.05, 4.69) is 5.32 Å². The van der Waals surface area contributed by atoms with Crippen LogP contribution in [0.4, 0.5) is 0 Å². The minimum absolute atomic E-state index is 0.00237. The van der Waals surface area contributed by atoms with Gasteiger partial charge < -0.3 is 44.0 Å². The van der Waals surface area contributed by atoms with Gasteiger partial charge in [-0.25, -0.2) is 0 Å². The lowest BCUT2D eigenvalue weighted by Crippen LogP contribution is -2.42. The Bertz CT molecular complexity index is 483. The first-order chi connectivity index (χ1) is 16.0. The Balaban J connectivity index is 3.82. The lowest BCUT2D eigenvalue weighted by atomic mass is 10.3. The van der Waals surface area contributed by atoms with Crippen LogP contribution in [0.5, 0.6) is 0 Å². The van der Waals surface area contributed by atoms with E-state index >= 15 is 0 Å². The van der Waals surface area contributed by atoms with Crippen molar-refractivity contribution in [2.75, 3.05) is 79.3 Å². The van der Waals surface area contributed by atoms with Crippen LogP contribution in [0.1, 0.15) is 32.6 Å². The molecule has 0 fully saturated rings. The van der Waals surface area contributed by atoms with E-state index in [9.17, 15) is 14.4 Å². The van der Waals surface area contributed by atoms with Crippen LogP contribution in [0.2, 0.25) is 0 Å². The Hall–Kier alpha value is -1.83. The number of carbonyl (C=O) groups excluding carboxylic acids is 1. The molecule has 0 spiro atoms. The Morgan fingerprint density at radius 1 is 0.606 bits per heavy atom. The van der Waals surface area contributed by atoms with Crippen LogP contribution in [-0.4, -0.2) is 113 Å². The predicted molar refractivity (Wildman–Crippen MR) is 116 cm³/mol. The van der Waals surface area contributed by atoms with E-state index in [0.717, 1.165) is 13.0 Å². The molecule has 0 heterocycles. The molecule has 0 saturated heterocycles. The topological polar surface area (TPSA) is 159 Å². The minimum atomic E-state index is -0.987. The highest BCUT2D eigenvalue weighted by Crippen LogP contribution is 1.95. The van der Waals surface area contributed by atoms with E-state index in [1.807, 2.05) is 6.92 Å². The summed E-state index contributed by atoms with van der Waals surface area (Å²) in [5.74, 6) is -2.26. The zero-order chi connectivity index (χ0) is 24.6. The molecule has 3 N–H and O–H groups in total. The van der Waals surface area contributed by atoms with Crippen molar-refractivity contribution < 1.29 is 53.0 Å². The summed E-state index contributed by atoms with van der Waals surface area (Å²) in [6, 6.07) is -0.532. The van der Waals surface area contributed by atoms with Gasteiger partial charge in [-0.1, -0.05) is 6.92 Å². The van der Waals surface area contributed by atoms with Crippen LogP contribution in [0, 0.1) is 0 Å². The van der Waals surface area contributed by atoms with Gasteiger partial charge in [0, 0.05) is 13.0 Å². The third-order valence-electron chi connectivity index (χ3n) is 3.86. The van der Waals surface area contributed by atoms with Gasteiger partial charge in [-0.05, 0) is 6.42 Å². The van der Waals surface area contributed by atoms with Crippen LogP contribution in [0.3, 0.4) is 0 Å². The second-order valence-corrected chi connectivity index (χ2v) is 6.90. The number of carboxylic acid groups (broad SMARTS) is 2. The van der Waals surface area contributed by atoms with Crippen LogP contribution in [-0.2, 0) is 42.8 Å². The molecule has 12 heteroatoms. The molecule has 0 aromatic carbocycles. The van der Waals surface area contributed by atoms with Gasteiger partial charge in [-0.2, -0.15) is 0 Å². The second-order valence-electron chi connectivity index (χ2n) is 6.90. The smallest absolute Gasteiger partial charge is 0.305 e. The number of amides is 1. The van der Waals surface area contributed by atoms with Gasteiger partial charge in [0.25, 0.3) is 0 Å². The molecule has 0 aliphatic rings. The summed E-state index contributed by atoms with van der Waals surface area (Å²) >= 11 is 0. The fourth-order valence-electron chi connectivity index (χ4n) is 2.27. The van der Waals surface area contributed by atoms with Crippen molar-refractivity contribution in [1.29, 1.82) is 0 Å². The summed E-state index contributed by atoms with van der Waals surface area (Å²) in [6.45, 7) is 5.83. The third kappa shape index (κ3) is 24.6. The molecular weight excluding hydrogens is 442 g/mol. The van der Waals surface area contributed by atoms with Crippen LogP contribution in [0.15, 0.2) is 0 Å². The largest absolute Gasteiger partial charge is 0.481 e. The van der Waals surface area contributed by atoms with Gasteiger partial charge in [0.05, 0.1) is 91.6 Å². The number of hydrogen-bond acceptors (Lipinski definition) is 9. The lowest BCUT2D eigenvalue weighted by molar-refractivity contribution is -0.139. The molecule has 0 saturated carbocycles. The third-order valence-corrected chi connectivity index (χ3v) is 3.86. The SMILES string of the molecule is CCCOCCOCCOCCOCCC(=O)NC(COCCC(=O)O)COCCC(=O)O. The minimum Gasteiger partial charge on any atom is -0.481 e. The Kier molecular flexibility index (Phi) is 22.0. The number of ether oxygens (including phenoxy) is 6. The zero-order valence-electron chi connectivity index (χ0n) is 19.5. The maximum absolute atomic E-state index is 12.1. The number of rotatable bonds is 25. The van der Waals surface area contributed by atoms with Gasteiger partial charge >= 0.3 is 11.9 Å². The van der Waals surface area contributed by atoms with Crippen molar-refractivity contribution in [3.05, 3.63) is 0 Å². The van der Waals surface area contributed by atoms with Gasteiger partial charge in [0.15, 0.2) is 0 Å². The zero-order valence-corrected chi connectivity index (χ0v) is 19.5. The fourth-order valence-corrected chi connectivity index (χ4v) is 2.27. The normalized spacial score (nSPS) is 11.1. The summed E-state index contributed by atoms with van der Waals surface area (Å²) in [4.78, 5) is 33.2. The maximum atomic E-state index is 12.1. The van der Waals surface area contributed by atoms with Crippen LogP contribution >= 0.6 is 0 Å². The molecule has 0 aliphatic carbocycles.